The molecule has 1 spiro atoms. The van der Waals surface area contributed by atoms with Gasteiger partial charge in [0.25, 0.3) is 5.91 Å². The summed E-state index contributed by atoms with van der Waals surface area (Å²) in [5.74, 6) is -3.44. The molecule has 9 atom stereocenters. The number of methoxy groups -OCH3 is 1. The molecule has 6 rings (SSSR count). The van der Waals surface area contributed by atoms with Gasteiger partial charge in [0.2, 0.25) is 11.8 Å². The Labute approximate surface area is 307 Å². The van der Waals surface area contributed by atoms with Crippen molar-refractivity contribution in [3.8, 4) is 5.75 Å². The van der Waals surface area contributed by atoms with Crippen molar-refractivity contribution in [2.75, 3.05) is 32.2 Å². The number of aliphatic hydroxyl groups excluding tert-OH is 1. The van der Waals surface area contributed by atoms with E-state index in [4.69, 9.17) is 14.2 Å². The fraction of sp³-hybridized carbons (Fsp3) is 0.487. The van der Waals surface area contributed by atoms with E-state index in [2.05, 4.69) is 15.9 Å². The van der Waals surface area contributed by atoms with Gasteiger partial charge in [0.1, 0.15) is 35.5 Å². The highest BCUT2D eigenvalue weighted by molar-refractivity contribution is 9.11. The Bertz CT molecular complexity index is 1700. The van der Waals surface area contributed by atoms with Crippen molar-refractivity contribution in [3.05, 3.63) is 82.9 Å². The van der Waals surface area contributed by atoms with E-state index >= 15 is 4.79 Å². The number of anilines is 1. The van der Waals surface area contributed by atoms with Crippen LogP contribution in [0.15, 0.2) is 77.3 Å². The topological polar surface area (TPSA) is 126 Å². The number of esters is 1. The lowest BCUT2D eigenvalue weighted by Crippen LogP contribution is -2.59. The maximum Gasteiger partial charge on any atom is 0.313 e. The quantitative estimate of drug-likeness (QED) is 0.316. The zero-order valence-corrected chi connectivity index (χ0v) is 31.2. The standard InChI is InChI=1S/C39H46BrN3O8/c1-6-23(2)29(22-44)43-35-37(47)42(26-16-18-27(49-5)19-17-26)20-12-8-11-15-30(45)41(4)24(3)33(25-13-9-7-10-14-25)50-38(48)31-32(36(43)46)39(35)21-28(40)34(31)51-39/h7-10,12-14,16-19,21,23-24,29,31-35,44H,6,11,15,20,22H2,1-5H3/b12-8-/t23-,24+,29-,31-,32+,33-,34-,35-,39+/m0/s1. The molecule has 0 unspecified atom stereocenters. The molecular weight excluding hydrogens is 718 g/mol. The predicted octanol–water partition coefficient (Wildman–Crippen LogP) is 4.79. The van der Waals surface area contributed by atoms with Gasteiger partial charge in [0, 0.05) is 30.2 Å². The number of likely N-dealkylation sites (N-methyl/N-ethyl adjacent to an activating group) is 1. The van der Waals surface area contributed by atoms with Crippen LogP contribution in [0.4, 0.5) is 5.69 Å². The van der Waals surface area contributed by atoms with Gasteiger partial charge in [-0.05, 0) is 55.2 Å². The summed E-state index contributed by atoms with van der Waals surface area (Å²) < 4.78 is 19.0. The SMILES string of the molecule is CC[C@H](C)[C@H](CO)N1C(=O)[C@H]2[C@@H]3C(=O)O[C@H](c4ccccc4)[C@@H](C)N(C)C(=O)CC/C=C\CN(c4ccc(OC)cc4)C(=O)[C@H]1[C@@]21C=C(Br)[C@@H]3O1. The van der Waals surface area contributed by atoms with Crippen LogP contribution >= 0.6 is 15.9 Å². The first-order chi connectivity index (χ1) is 24.5. The zero-order chi connectivity index (χ0) is 36.6. The lowest BCUT2D eigenvalue weighted by atomic mass is 9.74. The minimum absolute atomic E-state index is 0.130. The molecule has 0 radical (unpaired) electrons. The first kappa shape index (κ1) is 36.8. The number of hydrogen-bond acceptors (Lipinski definition) is 8. The van der Waals surface area contributed by atoms with Crippen molar-refractivity contribution in [1.82, 2.24) is 9.80 Å². The summed E-state index contributed by atoms with van der Waals surface area (Å²) in [6, 6.07) is 13.8. The number of likely N-dealkylation sites (tertiary alicyclic amines) is 1. The number of allylic oxidation sites excluding steroid dienone is 1. The molecule has 51 heavy (non-hydrogen) atoms. The maximum atomic E-state index is 15.2. The molecule has 2 aromatic rings. The molecule has 2 aromatic carbocycles. The first-order valence-corrected chi connectivity index (χ1v) is 18.4. The third-order valence-electron chi connectivity index (χ3n) is 11.2. The van der Waals surface area contributed by atoms with E-state index in [0.717, 1.165) is 0 Å². The fourth-order valence-corrected chi connectivity index (χ4v) is 8.75. The molecule has 11 nitrogen and oxygen atoms in total. The molecule has 2 saturated heterocycles. The van der Waals surface area contributed by atoms with Crippen molar-refractivity contribution in [3.63, 3.8) is 0 Å². The highest BCUT2D eigenvalue weighted by Gasteiger charge is 2.75. The average Bonchev–Trinajstić information content (AvgIpc) is 3.74. The number of ether oxygens (including phenoxy) is 3. The number of fused-ring (bicyclic) bond motifs is 2. The van der Waals surface area contributed by atoms with Crippen molar-refractivity contribution < 1.29 is 38.5 Å². The van der Waals surface area contributed by atoms with Gasteiger partial charge >= 0.3 is 5.97 Å². The second-order valence-corrected chi connectivity index (χ2v) is 14.8. The van der Waals surface area contributed by atoms with Crippen LogP contribution in [0.3, 0.4) is 0 Å². The largest absolute Gasteiger partial charge is 0.497 e. The number of nitrogens with zero attached hydrogens (tertiary/aromatic N) is 3. The third kappa shape index (κ3) is 6.40. The van der Waals surface area contributed by atoms with E-state index in [1.54, 1.807) is 54.3 Å². The molecule has 0 saturated carbocycles. The molecule has 0 aliphatic carbocycles. The monoisotopic (exact) mass is 763 g/mol. The van der Waals surface area contributed by atoms with Crippen molar-refractivity contribution in [2.45, 2.75) is 76.0 Å². The van der Waals surface area contributed by atoms with Gasteiger partial charge in [-0.2, -0.15) is 0 Å². The smallest absolute Gasteiger partial charge is 0.313 e. The molecule has 5 bridgehead atoms. The molecule has 4 aliphatic heterocycles. The summed E-state index contributed by atoms with van der Waals surface area (Å²) >= 11 is 3.63. The Kier molecular flexibility index (Phi) is 10.8. The fourth-order valence-electron chi connectivity index (χ4n) is 8.01. The van der Waals surface area contributed by atoms with Gasteiger partial charge in [-0.1, -0.05) is 78.7 Å². The normalized spacial score (nSPS) is 31.7. The average molecular weight is 765 g/mol. The van der Waals surface area contributed by atoms with Crippen LogP contribution in [0, 0.1) is 17.8 Å². The van der Waals surface area contributed by atoms with Crippen LogP contribution < -0.4 is 9.64 Å². The summed E-state index contributed by atoms with van der Waals surface area (Å²) in [6.07, 6.45) is 5.00. The highest BCUT2D eigenvalue weighted by atomic mass is 79.9. The van der Waals surface area contributed by atoms with E-state index in [1.165, 1.54) is 4.90 Å². The summed E-state index contributed by atoms with van der Waals surface area (Å²) in [5, 5.41) is 10.8. The number of aliphatic hydroxyl groups is 1. The molecule has 4 aliphatic rings. The lowest BCUT2D eigenvalue weighted by Gasteiger charge is -2.40. The summed E-state index contributed by atoms with van der Waals surface area (Å²) in [4.78, 5) is 62.8. The minimum Gasteiger partial charge on any atom is -0.497 e. The number of benzene rings is 2. The number of carbonyl (C=O) groups excluding carboxylic acids is 4. The maximum absolute atomic E-state index is 15.2. The number of amides is 3. The van der Waals surface area contributed by atoms with Crippen LogP contribution in [0.2, 0.25) is 0 Å². The Morgan fingerprint density at radius 1 is 1.02 bits per heavy atom. The second-order valence-electron chi connectivity index (χ2n) is 13.9. The van der Waals surface area contributed by atoms with Crippen molar-refractivity contribution >= 4 is 45.3 Å². The van der Waals surface area contributed by atoms with E-state index in [1.807, 2.05) is 63.3 Å². The Hall–Kier alpha value is -4.00. The van der Waals surface area contributed by atoms with Crippen LogP contribution in [0.1, 0.15) is 51.7 Å². The summed E-state index contributed by atoms with van der Waals surface area (Å²) in [6.45, 7) is 5.49. The molecule has 12 heteroatoms. The molecule has 3 amide bonds. The van der Waals surface area contributed by atoms with Crippen molar-refractivity contribution in [1.29, 1.82) is 0 Å². The Morgan fingerprint density at radius 3 is 2.37 bits per heavy atom. The molecule has 1 N–H and O–H groups in total. The van der Waals surface area contributed by atoms with E-state index < -0.39 is 65.6 Å². The Balaban J connectivity index is 1.52. The first-order valence-electron chi connectivity index (χ1n) is 17.6. The van der Waals surface area contributed by atoms with E-state index in [0.29, 0.717) is 34.3 Å². The van der Waals surface area contributed by atoms with Gasteiger partial charge in [-0.25, -0.2) is 0 Å². The third-order valence-corrected chi connectivity index (χ3v) is 11.8. The van der Waals surface area contributed by atoms with Crippen LogP contribution in [0.25, 0.3) is 0 Å². The van der Waals surface area contributed by atoms with Gasteiger partial charge in [0.05, 0.1) is 31.7 Å². The van der Waals surface area contributed by atoms with Crippen LogP contribution in [-0.2, 0) is 28.7 Å². The molecular formula is C39H46BrN3O8. The lowest BCUT2D eigenvalue weighted by molar-refractivity contribution is -0.164. The second kappa shape index (κ2) is 14.9. The molecule has 0 aromatic heterocycles. The predicted molar refractivity (Wildman–Crippen MR) is 194 cm³/mol. The van der Waals surface area contributed by atoms with E-state index in [9.17, 15) is 19.5 Å². The van der Waals surface area contributed by atoms with Crippen LogP contribution in [0.5, 0.6) is 5.75 Å². The number of carbonyl (C=O) groups is 4. The molecule has 272 valence electrons. The van der Waals surface area contributed by atoms with Gasteiger partial charge in [0.15, 0.2) is 0 Å². The van der Waals surface area contributed by atoms with Gasteiger partial charge in [-0.3, -0.25) is 19.2 Å². The molecule has 4 heterocycles. The van der Waals surface area contributed by atoms with Gasteiger partial charge < -0.3 is 34.0 Å². The minimum atomic E-state index is -1.52. The van der Waals surface area contributed by atoms with Crippen LogP contribution in [-0.4, -0.2) is 95.7 Å². The highest BCUT2D eigenvalue weighted by Crippen LogP contribution is 2.59. The van der Waals surface area contributed by atoms with E-state index in [-0.39, 0.29) is 31.4 Å². The van der Waals surface area contributed by atoms with Crippen molar-refractivity contribution in [2.24, 2.45) is 17.8 Å². The number of halogens is 1. The number of rotatable bonds is 7. The summed E-state index contributed by atoms with van der Waals surface area (Å²) in [5.41, 5.74) is -0.268. The Morgan fingerprint density at radius 2 is 1.73 bits per heavy atom. The zero-order valence-electron chi connectivity index (χ0n) is 29.6. The number of cyclic esters (lactones) is 1. The molecule has 2 fully saturated rings. The van der Waals surface area contributed by atoms with Gasteiger partial charge in [-0.15, -0.1) is 0 Å². The summed E-state index contributed by atoms with van der Waals surface area (Å²) in [7, 11) is 3.25. The number of hydrogen-bond donors (Lipinski definition) is 1.